The first kappa shape index (κ1) is 19.4. The smallest absolute Gasteiger partial charge is 0.355 e. The highest BCUT2D eigenvalue weighted by Gasteiger charge is 2.21. The second-order valence-corrected chi connectivity index (χ2v) is 6.37. The van der Waals surface area contributed by atoms with Crippen molar-refractivity contribution in [2.24, 2.45) is 0 Å². The zero-order valence-electron chi connectivity index (χ0n) is 15.5. The van der Waals surface area contributed by atoms with Crippen LogP contribution in [-0.4, -0.2) is 35.8 Å². The zero-order valence-corrected chi connectivity index (χ0v) is 15.5. The fraction of sp³-hybridized carbons (Fsp3) is 0.350. The fourth-order valence-electron chi connectivity index (χ4n) is 2.90. The van der Waals surface area contributed by atoms with Gasteiger partial charge in [0.1, 0.15) is 5.69 Å². The van der Waals surface area contributed by atoms with Crippen molar-refractivity contribution >= 4 is 17.7 Å². The molecule has 1 unspecified atom stereocenters. The molecule has 6 nitrogen and oxygen atoms in total. The lowest BCUT2D eigenvalue weighted by atomic mass is 10.0. The summed E-state index contributed by atoms with van der Waals surface area (Å²) in [6.45, 7) is 6.94. The van der Waals surface area contributed by atoms with Crippen molar-refractivity contribution < 1.29 is 19.1 Å². The molecule has 1 amide bonds. The normalized spacial score (nSPS) is 11.7. The van der Waals surface area contributed by atoms with Crippen LogP contribution in [0.15, 0.2) is 30.3 Å². The van der Waals surface area contributed by atoms with Gasteiger partial charge in [-0.2, -0.15) is 0 Å². The quantitative estimate of drug-likeness (QED) is 0.590. The van der Waals surface area contributed by atoms with E-state index in [0.29, 0.717) is 23.4 Å². The highest BCUT2D eigenvalue weighted by molar-refractivity contribution is 6.01. The maximum Gasteiger partial charge on any atom is 0.355 e. The molecule has 2 aromatic rings. The molecule has 138 valence electrons. The number of hydrogen-bond donors (Lipinski definition) is 2. The van der Waals surface area contributed by atoms with Crippen LogP contribution in [0.25, 0.3) is 0 Å². The first-order valence-electron chi connectivity index (χ1n) is 8.50. The number of aromatic nitrogens is 1. The van der Waals surface area contributed by atoms with E-state index >= 15 is 0 Å². The number of aryl methyl sites for hydroxylation is 1. The number of aromatic amines is 1. The molecule has 1 heterocycles. The van der Waals surface area contributed by atoms with Crippen LogP contribution in [-0.2, 0) is 9.53 Å². The van der Waals surface area contributed by atoms with Crippen LogP contribution >= 0.6 is 0 Å². The topological polar surface area (TPSA) is 88.3 Å². The number of ketones is 1. The summed E-state index contributed by atoms with van der Waals surface area (Å²) in [4.78, 5) is 38.6. The number of esters is 1. The standard InChI is InChI=1S/C20H24N2O4/c1-12(16-8-6-5-7-9-16)10-21-17(24)11-26-20(25)19-13(2)18(15(4)23)14(3)22-19/h5-9,12,22H,10-11H2,1-4H3,(H,21,24). The van der Waals surface area contributed by atoms with E-state index in [2.05, 4.69) is 10.3 Å². The Morgan fingerprint density at radius 2 is 1.81 bits per heavy atom. The first-order chi connectivity index (χ1) is 12.3. The predicted octanol–water partition coefficient (Wildman–Crippen LogP) is 2.91. The number of hydrogen-bond acceptors (Lipinski definition) is 4. The molecular formula is C20H24N2O4. The lowest BCUT2D eigenvalue weighted by Gasteiger charge is -2.13. The Balaban J connectivity index is 1.87. The third kappa shape index (κ3) is 4.59. The minimum Gasteiger partial charge on any atom is -0.451 e. The van der Waals surface area contributed by atoms with Crippen molar-refractivity contribution in [3.05, 3.63) is 58.4 Å². The van der Waals surface area contributed by atoms with E-state index in [4.69, 9.17) is 4.74 Å². The molecular weight excluding hydrogens is 332 g/mol. The van der Waals surface area contributed by atoms with Crippen molar-refractivity contribution in [3.8, 4) is 0 Å². The molecule has 2 rings (SSSR count). The van der Waals surface area contributed by atoms with E-state index in [1.54, 1.807) is 13.8 Å². The monoisotopic (exact) mass is 356 g/mol. The van der Waals surface area contributed by atoms with Gasteiger partial charge in [-0.25, -0.2) is 4.79 Å². The summed E-state index contributed by atoms with van der Waals surface area (Å²) >= 11 is 0. The number of carbonyl (C=O) groups excluding carboxylic acids is 3. The molecule has 2 N–H and O–H groups in total. The number of ether oxygens (including phenoxy) is 1. The summed E-state index contributed by atoms with van der Waals surface area (Å²) < 4.78 is 5.06. The number of carbonyl (C=O) groups is 3. The van der Waals surface area contributed by atoms with Gasteiger partial charge in [0.15, 0.2) is 12.4 Å². The summed E-state index contributed by atoms with van der Waals surface area (Å²) in [5, 5.41) is 2.76. The number of H-pyrrole nitrogens is 1. The van der Waals surface area contributed by atoms with E-state index in [9.17, 15) is 14.4 Å². The van der Waals surface area contributed by atoms with Crippen LogP contribution in [0.1, 0.15) is 57.4 Å². The number of rotatable bonds is 7. The van der Waals surface area contributed by atoms with Crippen molar-refractivity contribution in [3.63, 3.8) is 0 Å². The Labute approximate surface area is 152 Å². The van der Waals surface area contributed by atoms with Crippen LogP contribution in [0, 0.1) is 13.8 Å². The minimum atomic E-state index is -0.649. The van der Waals surface area contributed by atoms with Crippen molar-refractivity contribution in [2.45, 2.75) is 33.6 Å². The van der Waals surface area contributed by atoms with Gasteiger partial charge in [0.2, 0.25) is 0 Å². The van der Waals surface area contributed by atoms with Gasteiger partial charge >= 0.3 is 5.97 Å². The summed E-state index contributed by atoms with van der Waals surface area (Å²) in [7, 11) is 0. The summed E-state index contributed by atoms with van der Waals surface area (Å²) in [6.07, 6.45) is 0. The average molecular weight is 356 g/mol. The number of nitrogens with one attached hydrogen (secondary N) is 2. The molecule has 0 spiro atoms. The molecule has 26 heavy (non-hydrogen) atoms. The van der Waals surface area contributed by atoms with Gasteiger partial charge in [-0.15, -0.1) is 0 Å². The van der Waals surface area contributed by atoms with Gasteiger partial charge in [-0.1, -0.05) is 37.3 Å². The van der Waals surface area contributed by atoms with E-state index in [1.165, 1.54) is 6.92 Å². The highest BCUT2D eigenvalue weighted by Crippen LogP contribution is 2.19. The molecule has 0 saturated heterocycles. The fourth-order valence-corrected chi connectivity index (χ4v) is 2.90. The summed E-state index contributed by atoms with van der Waals surface area (Å²) in [5.41, 5.74) is 2.97. The number of benzene rings is 1. The molecule has 0 radical (unpaired) electrons. The molecule has 1 aromatic heterocycles. The Bertz CT molecular complexity index is 809. The Morgan fingerprint density at radius 1 is 1.15 bits per heavy atom. The number of Topliss-reactive ketones (excluding diaryl/α,β-unsaturated/α-hetero) is 1. The van der Waals surface area contributed by atoms with Crippen LogP contribution in [0.3, 0.4) is 0 Å². The van der Waals surface area contributed by atoms with Gasteiger partial charge in [-0.05, 0) is 37.8 Å². The maximum absolute atomic E-state index is 12.2. The molecule has 0 aliphatic carbocycles. The lowest BCUT2D eigenvalue weighted by Crippen LogP contribution is -2.31. The zero-order chi connectivity index (χ0) is 19.3. The second kappa shape index (κ2) is 8.47. The first-order valence-corrected chi connectivity index (χ1v) is 8.50. The molecule has 0 aliphatic heterocycles. The van der Waals surface area contributed by atoms with E-state index in [-0.39, 0.29) is 29.9 Å². The molecule has 0 aliphatic rings. The van der Waals surface area contributed by atoms with Gasteiger partial charge in [0.05, 0.1) is 0 Å². The average Bonchev–Trinajstić information content (AvgIpc) is 2.92. The van der Waals surface area contributed by atoms with Gasteiger partial charge in [0, 0.05) is 17.8 Å². The van der Waals surface area contributed by atoms with E-state index in [0.717, 1.165) is 5.56 Å². The van der Waals surface area contributed by atoms with Gasteiger partial charge in [-0.3, -0.25) is 9.59 Å². The Hall–Kier alpha value is -2.89. The maximum atomic E-state index is 12.2. The van der Waals surface area contributed by atoms with Crippen molar-refractivity contribution in [1.82, 2.24) is 10.3 Å². The lowest BCUT2D eigenvalue weighted by molar-refractivity contribution is -0.124. The van der Waals surface area contributed by atoms with Crippen molar-refractivity contribution in [1.29, 1.82) is 0 Å². The third-order valence-electron chi connectivity index (χ3n) is 4.30. The number of amides is 1. The Morgan fingerprint density at radius 3 is 2.38 bits per heavy atom. The molecule has 0 saturated carbocycles. The van der Waals surface area contributed by atoms with E-state index < -0.39 is 5.97 Å². The molecule has 1 atom stereocenters. The molecule has 1 aromatic carbocycles. The summed E-state index contributed by atoms with van der Waals surface area (Å²) in [5.74, 6) is -0.983. The van der Waals surface area contributed by atoms with Gasteiger partial charge in [0.25, 0.3) is 5.91 Å². The van der Waals surface area contributed by atoms with E-state index in [1.807, 2.05) is 37.3 Å². The third-order valence-corrected chi connectivity index (χ3v) is 4.30. The van der Waals surface area contributed by atoms with Crippen LogP contribution in [0.4, 0.5) is 0 Å². The largest absolute Gasteiger partial charge is 0.451 e. The molecule has 6 heteroatoms. The van der Waals surface area contributed by atoms with Crippen LogP contribution in [0.5, 0.6) is 0 Å². The Kier molecular flexibility index (Phi) is 6.33. The second-order valence-electron chi connectivity index (χ2n) is 6.37. The SMILES string of the molecule is CC(=O)c1c(C)[nH]c(C(=O)OCC(=O)NCC(C)c2ccccc2)c1C. The van der Waals surface area contributed by atoms with Crippen LogP contribution < -0.4 is 5.32 Å². The predicted molar refractivity (Wildman–Crippen MR) is 98.4 cm³/mol. The minimum absolute atomic E-state index is 0.122. The molecule has 0 fully saturated rings. The van der Waals surface area contributed by atoms with Gasteiger partial charge < -0.3 is 15.0 Å². The molecule has 0 bridgehead atoms. The summed E-state index contributed by atoms with van der Waals surface area (Å²) in [6, 6.07) is 9.84. The van der Waals surface area contributed by atoms with Crippen LogP contribution in [0.2, 0.25) is 0 Å². The van der Waals surface area contributed by atoms with Crippen molar-refractivity contribution in [2.75, 3.05) is 13.2 Å². The highest BCUT2D eigenvalue weighted by atomic mass is 16.5.